The Balaban J connectivity index is 0. The molecule has 0 aromatic rings. The number of hydrogen-bond acceptors (Lipinski definition) is 2. The molecule has 24 heavy (non-hydrogen) atoms. The lowest BCUT2D eigenvalue weighted by atomic mass is 10.0. The number of ether oxygens (including phenoxy) is 1. The number of aliphatic hydroxyl groups is 1. The topological polar surface area (TPSA) is 29.5 Å². The predicted molar refractivity (Wildman–Crippen MR) is 109 cm³/mol. The maximum Gasteiger partial charge on any atom is 0.0463 e. The van der Waals surface area contributed by atoms with Gasteiger partial charge in [0.15, 0.2) is 0 Å². The zero-order chi connectivity index (χ0) is 18.1. The highest BCUT2D eigenvalue weighted by molar-refractivity contribution is 4.48. The van der Waals surface area contributed by atoms with Gasteiger partial charge in [-0.3, -0.25) is 0 Å². The van der Waals surface area contributed by atoms with Crippen molar-refractivity contribution < 1.29 is 9.84 Å². The fourth-order valence-electron chi connectivity index (χ4n) is 2.70. The highest BCUT2D eigenvalue weighted by atomic mass is 16.5. The maximum absolute atomic E-state index is 8.64. The summed E-state index contributed by atoms with van der Waals surface area (Å²) in [5, 5.41) is 8.64. The SMILES string of the molecule is CCCCCCCCCCCCCCCCO.CCCOCCC. The van der Waals surface area contributed by atoms with Crippen LogP contribution in [-0.4, -0.2) is 24.9 Å². The molecule has 0 heterocycles. The first-order valence-corrected chi connectivity index (χ1v) is 11.0. The first kappa shape index (κ1) is 26.2. The van der Waals surface area contributed by atoms with E-state index in [1.807, 2.05) is 0 Å². The lowest BCUT2D eigenvalue weighted by Crippen LogP contribution is -1.92. The highest BCUT2D eigenvalue weighted by Crippen LogP contribution is 2.12. The second-order valence-electron chi connectivity index (χ2n) is 6.93. The van der Waals surface area contributed by atoms with E-state index in [0.29, 0.717) is 6.61 Å². The molecule has 0 aliphatic rings. The Bertz CT molecular complexity index is 165. The van der Waals surface area contributed by atoms with E-state index in [0.717, 1.165) is 32.5 Å². The molecule has 0 saturated heterocycles. The van der Waals surface area contributed by atoms with Gasteiger partial charge < -0.3 is 9.84 Å². The van der Waals surface area contributed by atoms with Gasteiger partial charge in [0.25, 0.3) is 0 Å². The van der Waals surface area contributed by atoms with Gasteiger partial charge in [-0.05, 0) is 19.3 Å². The minimum atomic E-state index is 0.373. The van der Waals surface area contributed by atoms with Gasteiger partial charge in [0.2, 0.25) is 0 Å². The van der Waals surface area contributed by atoms with Crippen molar-refractivity contribution in [3.63, 3.8) is 0 Å². The summed E-state index contributed by atoms with van der Waals surface area (Å²) in [6.45, 7) is 8.74. The van der Waals surface area contributed by atoms with Gasteiger partial charge in [-0.1, -0.05) is 104 Å². The standard InChI is InChI=1S/C16H34O.C6H14O/c1-2-3-4-5-6-7-8-9-10-11-12-13-14-15-16-17;1-3-5-7-6-4-2/h17H,2-16H2,1H3;3-6H2,1-2H3. The van der Waals surface area contributed by atoms with Crippen LogP contribution in [0.2, 0.25) is 0 Å². The molecule has 0 atom stereocenters. The van der Waals surface area contributed by atoms with Gasteiger partial charge >= 0.3 is 0 Å². The Morgan fingerprint density at radius 1 is 0.458 bits per heavy atom. The van der Waals surface area contributed by atoms with Crippen LogP contribution in [0.3, 0.4) is 0 Å². The molecule has 2 heteroatoms. The Kier molecular flexibility index (Phi) is 30.2. The van der Waals surface area contributed by atoms with Gasteiger partial charge in [0.1, 0.15) is 0 Å². The molecule has 0 rings (SSSR count). The summed E-state index contributed by atoms with van der Waals surface area (Å²) in [5.74, 6) is 0. The van der Waals surface area contributed by atoms with Crippen LogP contribution in [0.25, 0.3) is 0 Å². The van der Waals surface area contributed by atoms with Crippen LogP contribution in [0.1, 0.15) is 124 Å². The molecular formula is C22H48O2. The van der Waals surface area contributed by atoms with E-state index in [-0.39, 0.29) is 0 Å². The number of aliphatic hydroxyl groups excluding tert-OH is 1. The molecule has 0 spiro atoms. The van der Waals surface area contributed by atoms with Crippen molar-refractivity contribution in [3.05, 3.63) is 0 Å². The molecule has 0 bridgehead atoms. The van der Waals surface area contributed by atoms with Crippen molar-refractivity contribution in [2.75, 3.05) is 19.8 Å². The fraction of sp³-hybridized carbons (Fsp3) is 1.00. The van der Waals surface area contributed by atoms with Crippen molar-refractivity contribution in [2.24, 2.45) is 0 Å². The van der Waals surface area contributed by atoms with Crippen LogP contribution in [0, 0.1) is 0 Å². The van der Waals surface area contributed by atoms with Gasteiger partial charge in [-0.25, -0.2) is 0 Å². The summed E-state index contributed by atoms with van der Waals surface area (Å²) in [6, 6.07) is 0. The molecule has 2 nitrogen and oxygen atoms in total. The number of rotatable bonds is 18. The smallest absolute Gasteiger partial charge is 0.0463 e. The first-order chi connectivity index (χ1) is 11.8. The zero-order valence-corrected chi connectivity index (χ0v) is 17.3. The molecule has 0 radical (unpaired) electrons. The minimum Gasteiger partial charge on any atom is -0.396 e. The Hall–Kier alpha value is -0.0800. The van der Waals surface area contributed by atoms with Crippen LogP contribution in [-0.2, 0) is 4.74 Å². The predicted octanol–water partition coefficient (Wildman–Crippen LogP) is 7.28. The van der Waals surface area contributed by atoms with Crippen molar-refractivity contribution in [1.29, 1.82) is 0 Å². The van der Waals surface area contributed by atoms with E-state index in [4.69, 9.17) is 9.84 Å². The Morgan fingerprint density at radius 2 is 0.792 bits per heavy atom. The van der Waals surface area contributed by atoms with Crippen LogP contribution < -0.4 is 0 Å². The normalized spacial score (nSPS) is 10.5. The van der Waals surface area contributed by atoms with Crippen molar-refractivity contribution in [2.45, 2.75) is 124 Å². The van der Waals surface area contributed by atoms with E-state index in [1.54, 1.807) is 0 Å². The van der Waals surface area contributed by atoms with Crippen LogP contribution >= 0.6 is 0 Å². The summed E-state index contributed by atoms with van der Waals surface area (Å²) in [6.07, 6.45) is 21.5. The van der Waals surface area contributed by atoms with E-state index in [9.17, 15) is 0 Å². The third-order valence-electron chi connectivity index (χ3n) is 4.21. The number of unbranched alkanes of at least 4 members (excludes halogenated alkanes) is 13. The average molecular weight is 345 g/mol. The van der Waals surface area contributed by atoms with E-state index < -0.39 is 0 Å². The monoisotopic (exact) mass is 344 g/mol. The molecule has 148 valence electrons. The lowest BCUT2D eigenvalue weighted by molar-refractivity contribution is 0.135. The van der Waals surface area contributed by atoms with E-state index >= 15 is 0 Å². The van der Waals surface area contributed by atoms with Gasteiger partial charge in [-0.15, -0.1) is 0 Å². The quantitative estimate of drug-likeness (QED) is 0.265. The van der Waals surface area contributed by atoms with Crippen LogP contribution in [0.4, 0.5) is 0 Å². The summed E-state index contributed by atoms with van der Waals surface area (Å²) in [7, 11) is 0. The van der Waals surface area contributed by atoms with E-state index in [2.05, 4.69) is 20.8 Å². The van der Waals surface area contributed by atoms with Crippen molar-refractivity contribution >= 4 is 0 Å². The lowest BCUT2D eigenvalue weighted by Gasteiger charge is -2.02. The molecule has 0 aromatic heterocycles. The second-order valence-corrected chi connectivity index (χ2v) is 6.93. The summed E-state index contributed by atoms with van der Waals surface area (Å²) in [5.41, 5.74) is 0. The largest absolute Gasteiger partial charge is 0.396 e. The highest BCUT2D eigenvalue weighted by Gasteiger charge is 1.93. The first-order valence-electron chi connectivity index (χ1n) is 11.0. The molecule has 0 fully saturated rings. The third-order valence-corrected chi connectivity index (χ3v) is 4.21. The van der Waals surface area contributed by atoms with Crippen molar-refractivity contribution in [3.8, 4) is 0 Å². The molecule has 0 saturated carbocycles. The van der Waals surface area contributed by atoms with Crippen LogP contribution in [0.5, 0.6) is 0 Å². The molecule has 0 aliphatic carbocycles. The maximum atomic E-state index is 8.64. The summed E-state index contributed by atoms with van der Waals surface area (Å²) < 4.78 is 5.13. The van der Waals surface area contributed by atoms with Crippen molar-refractivity contribution in [1.82, 2.24) is 0 Å². The third kappa shape index (κ3) is 29.9. The van der Waals surface area contributed by atoms with Gasteiger partial charge in [0.05, 0.1) is 0 Å². The Labute approximate surface area is 153 Å². The summed E-state index contributed by atoms with van der Waals surface area (Å²) >= 11 is 0. The molecule has 0 unspecified atom stereocenters. The molecular weight excluding hydrogens is 296 g/mol. The Morgan fingerprint density at radius 3 is 1.08 bits per heavy atom. The molecule has 0 amide bonds. The molecule has 0 aromatic carbocycles. The van der Waals surface area contributed by atoms with E-state index in [1.165, 1.54) is 83.5 Å². The van der Waals surface area contributed by atoms with Crippen LogP contribution in [0.15, 0.2) is 0 Å². The minimum absolute atomic E-state index is 0.373. The molecule has 1 N–H and O–H groups in total. The number of hydrogen-bond donors (Lipinski definition) is 1. The fourth-order valence-corrected chi connectivity index (χ4v) is 2.70. The molecule has 0 aliphatic heterocycles. The van der Waals surface area contributed by atoms with Gasteiger partial charge in [-0.2, -0.15) is 0 Å². The van der Waals surface area contributed by atoms with Gasteiger partial charge in [0, 0.05) is 19.8 Å². The average Bonchev–Trinajstić information content (AvgIpc) is 2.60. The zero-order valence-electron chi connectivity index (χ0n) is 17.3. The second kappa shape index (κ2) is 27.8. The summed E-state index contributed by atoms with van der Waals surface area (Å²) in [4.78, 5) is 0.